The predicted octanol–water partition coefficient (Wildman–Crippen LogP) is 0.905. The van der Waals surface area contributed by atoms with Crippen LogP contribution in [0.15, 0.2) is 0 Å². The Morgan fingerprint density at radius 1 is 0.857 bits per heavy atom. The van der Waals surface area contributed by atoms with Gasteiger partial charge in [-0.25, -0.2) is 0 Å². The van der Waals surface area contributed by atoms with E-state index in [-0.39, 0.29) is 40.3 Å². The minimum Gasteiger partial charge on any atom is -0.693 e. The summed E-state index contributed by atoms with van der Waals surface area (Å²) in [5.41, 5.74) is 0. The van der Waals surface area contributed by atoms with E-state index in [1.807, 2.05) is 0 Å². The van der Waals surface area contributed by atoms with Gasteiger partial charge in [-0.15, -0.1) is 0 Å². The summed E-state index contributed by atoms with van der Waals surface area (Å²) in [6, 6.07) is 0. The topological polar surface area (TPSA) is 81.1 Å². The molecule has 0 heterocycles. The first kappa shape index (κ1) is 63.7. The van der Waals surface area contributed by atoms with Gasteiger partial charge >= 0.3 is 17.1 Å². The molecule has 5 heteroatoms. The van der Waals surface area contributed by atoms with Crippen LogP contribution in [0.3, 0.4) is 0 Å². The minimum atomic E-state index is 0. The van der Waals surface area contributed by atoms with Crippen molar-refractivity contribution >= 4 is 0 Å². The maximum atomic E-state index is 6.25. The van der Waals surface area contributed by atoms with E-state index in [0.717, 1.165) is 0 Å². The molecule has 0 saturated heterocycles. The Bertz CT molecular complexity index is 26.4. The Balaban J connectivity index is -0.00000000267. The summed E-state index contributed by atoms with van der Waals surface area (Å²) in [7, 11) is 0. The van der Waals surface area contributed by atoms with Gasteiger partial charge < -0.3 is 29.8 Å². The Morgan fingerprint density at radius 2 is 0.857 bits per heavy atom. The van der Waals surface area contributed by atoms with Gasteiger partial charge in [0.05, 0.1) is 0 Å². The number of hydrogen-bond acceptors (Lipinski definition) is 2. The molecular formula is C2H2Fe2N3-. The average molecular weight is 180 g/mol. The Kier molecular flexibility index (Phi) is 3050000. The average Bonchev–Trinajstić information content (AvgIpc) is 1.50. The first-order valence-electron chi connectivity index (χ1n) is 0.447. The van der Waals surface area contributed by atoms with Gasteiger partial charge in [0.25, 0.3) is 0 Å². The Labute approximate surface area is 64.2 Å². The summed E-state index contributed by atoms with van der Waals surface area (Å²) in [6.45, 7) is 9.50. The molecule has 0 aromatic carbocycles. The van der Waals surface area contributed by atoms with Crippen molar-refractivity contribution in [3.05, 3.63) is 19.3 Å². The zero-order chi connectivity index (χ0) is 4.00. The van der Waals surface area contributed by atoms with E-state index in [9.17, 15) is 0 Å². The second-order valence-electron chi connectivity index (χ2n) is 0. The maximum absolute atomic E-state index is 6.25. The third-order valence-corrected chi connectivity index (χ3v) is 0. The molecule has 2 N–H and O–H groups in total. The molecule has 0 fully saturated rings. The summed E-state index contributed by atoms with van der Waals surface area (Å²) >= 11 is 0. The molecule has 0 aliphatic carbocycles. The quantitative estimate of drug-likeness (QED) is 0.409. The summed E-state index contributed by atoms with van der Waals surface area (Å²) in [5.74, 6) is 0. The molecule has 0 aliphatic heterocycles. The molecule has 0 unspecified atom stereocenters. The molecule has 0 saturated carbocycles. The van der Waals surface area contributed by atoms with Gasteiger partial charge in [-0.2, -0.15) is 0 Å². The smallest absolute Gasteiger partial charge is 0.693 e. The summed E-state index contributed by atoms with van der Waals surface area (Å²) in [5, 5.41) is 12.5. The molecule has 0 aromatic heterocycles. The van der Waals surface area contributed by atoms with E-state index in [1.54, 1.807) is 0 Å². The molecule has 0 spiro atoms. The standard InChI is InChI=1S/2CN.2Fe.H2N/c2*1-2;;;/h;;;;1H2/q2*-1;;+2;-1. The van der Waals surface area contributed by atoms with E-state index in [1.165, 1.54) is 0 Å². The second kappa shape index (κ2) is 335000. The predicted molar refractivity (Wildman–Crippen MR) is 15.2 cm³/mol. The van der Waals surface area contributed by atoms with Gasteiger partial charge in [-0.05, 0) is 0 Å². The monoisotopic (exact) mass is 180 g/mol. The summed E-state index contributed by atoms with van der Waals surface area (Å²) < 4.78 is 0. The molecule has 3 nitrogen and oxygen atoms in total. The van der Waals surface area contributed by atoms with Gasteiger partial charge in [-0.1, -0.05) is 0 Å². The van der Waals surface area contributed by atoms with Crippen LogP contribution in [0.1, 0.15) is 0 Å². The van der Waals surface area contributed by atoms with E-state index >= 15 is 0 Å². The van der Waals surface area contributed by atoms with Crippen LogP contribution in [-0.2, 0) is 34.1 Å². The van der Waals surface area contributed by atoms with Crippen molar-refractivity contribution in [2.75, 3.05) is 0 Å². The summed E-state index contributed by atoms with van der Waals surface area (Å²) in [4.78, 5) is 0. The third kappa shape index (κ3) is 214000. The van der Waals surface area contributed by atoms with E-state index in [0.29, 0.717) is 0 Å². The maximum Gasteiger partial charge on any atom is 2.00 e. The van der Waals surface area contributed by atoms with Crippen molar-refractivity contribution < 1.29 is 34.1 Å². The normalized spacial score (nSPS) is 0.571. The van der Waals surface area contributed by atoms with Crippen LogP contribution in [0.4, 0.5) is 0 Å². The van der Waals surface area contributed by atoms with Gasteiger partial charge in [0, 0.05) is 17.1 Å². The molecule has 42 valence electrons. The Morgan fingerprint density at radius 3 is 0.857 bits per heavy atom. The molecular weight excluding hydrogens is 178 g/mol. The number of nitrogens with two attached hydrogens (primary N) is 1. The third-order valence-electron chi connectivity index (χ3n) is 0. The van der Waals surface area contributed by atoms with Crippen molar-refractivity contribution in [2.45, 2.75) is 0 Å². The Hall–Kier alpha value is -0.0210. The first-order chi connectivity index (χ1) is 2.00. The van der Waals surface area contributed by atoms with Crippen molar-refractivity contribution in [1.82, 2.24) is 0 Å². The van der Waals surface area contributed by atoms with Crippen LogP contribution in [-0.4, -0.2) is 0 Å². The SMILES string of the molecule is [C-]#N.[C-]#N.[Fe+2].[Fe].[NH2-]. The fraction of sp³-hybridized carbons (Fsp3) is 0. The van der Waals surface area contributed by atoms with Gasteiger partial charge in [0.15, 0.2) is 0 Å². The van der Waals surface area contributed by atoms with Gasteiger partial charge in [0.1, 0.15) is 0 Å². The van der Waals surface area contributed by atoms with Crippen LogP contribution in [0, 0.1) is 23.7 Å². The molecule has 0 rings (SSSR count). The second-order valence-corrected chi connectivity index (χ2v) is 0. The zero-order valence-corrected chi connectivity index (χ0v) is 5.39. The van der Waals surface area contributed by atoms with Crippen molar-refractivity contribution in [3.63, 3.8) is 0 Å². The molecule has 0 radical (unpaired) electrons. The van der Waals surface area contributed by atoms with Gasteiger partial charge in [0.2, 0.25) is 0 Å². The van der Waals surface area contributed by atoms with Crippen molar-refractivity contribution in [2.24, 2.45) is 0 Å². The number of rotatable bonds is 0. The zero-order valence-electron chi connectivity index (χ0n) is 3.18. The molecule has 0 bridgehead atoms. The van der Waals surface area contributed by atoms with Crippen LogP contribution in [0.2, 0.25) is 0 Å². The van der Waals surface area contributed by atoms with E-state index in [4.69, 9.17) is 23.7 Å². The largest absolute Gasteiger partial charge is 2.00 e. The van der Waals surface area contributed by atoms with Gasteiger partial charge in [-0.3, -0.25) is 0 Å². The molecule has 0 aliphatic rings. The fourth-order valence-electron chi connectivity index (χ4n) is 0. The van der Waals surface area contributed by atoms with Crippen LogP contribution in [0.5, 0.6) is 0 Å². The van der Waals surface area contributed by atoms with Crippen LogP contribution in [0.25, 0.3) is 6.15 Å². The van der Waals surface area contributed by atoms with E-state index in [2.05, 4.69) is 0 Å². The fourth-order valence-corrected chi connectivity index (χ4v) is 0. The molecule has 0 atom stereocenters. The van der Waals surface area contributed by atoms with E-state index < -0.39 is 0 Å². The minimum absolute atomic E-state index is 0. The first-order valence-corrected chi connectivity index (χ1v) is 0.447. The molecule has 0 amide bonds. The number of hydrogen-bond donors (Lipinski definition) is 0. The van der Waals surface area contributed by atoms with Crippen LogP contribution >= 0.6 is 0 Å². The number of nitrogens with zero attached hydrogens (tertiary/aromatic N) is 2. The van der Waals surface area contributed by atoms with Crippen molar-refractivity contribution in [1.29, 1.82) is 10.5 Å². The van der Waals surface area contributed by atoms with Crippen LogP contribution < -0.4 is 0 Å². The molecule has 7 heavy (non-hydrogen) atoms. The van der Waals surface area contributed by atoms with Crippen molar-refractivity contribution in [3.8, 4) is 0 Å². The summed E-state index contributed by atoms with van der Waals surface area (Å²) in [6.07, 6.45) is 0. The molecule has 0 aromatic rings.